The van der Waals surface area contributed by atoms with Crippen molar-refractivity contribution >= 4 is 23.3 Å². The number of nitrogens with one attached hydrogen (secondary N) is 2. The third kappa shape index (κ3) is 2.86. The molecule has 0 aliphatic carbocycles. The number of carboxylic acids is 1. The lowest BCUT2D eigenvalue weighted by Gasteiger charge is -2.30. The molecule has 0 radical (unpaired) electrons. The Morgan fingerprint density at radius 1 is 1.32 bits per heavy atom. The lowest BCUT2D eigenvalue weighted by Crippen LogP contribution is -2.35. The highest BCUT2D eigenvalue weighted by Crippen LogP contribution is 2.33. The molecule has 5 nitrogen and oxygen atoms in total. The van der Waals surface area contributed by atoms with Crippen LogP contribution in [-0.2, 0) is 4.79 Å². The van der Waals surface area contributed by atoms with E-state index in [1.54, 1.807) is 12.1 Å². The number of amides is 1. The first-order valence-corrected chi connectivity index (χ1v) is 6.21. The van der Waals surface area contributed by atoms with Crippen molar-refractivity contribution in [2.24, 2.45) is 5.41 Å². The van der Waals surface area contributed by atoms with Crippen LogP contribution in [-0.4, -0.2) is 23.0 Å². The van der Waals surface area contributed by atoms with E-state index in [9.17, 15) is 9.59 Å². The minimum absolute atomic E-state index is 0.0437. The van der Waals surface area contributed by atoms with Gasteiger partial charge in [-0.15, -0.1) is 0 Å². The standard InChI is InChI=1S/C14H18N2O3/c1-14(2,3)11-7-12(17)16-9-5-4-8(13(18)19)6-10(9)15-11/h4-6,11,15H,7H2,1-3H3,(H,16,17)(H,18,19). The number of rotatable bonds is 1. The van der Waals surface area contributed by atoms with Crippen molar-refractivity contribution in [1.82, 2.24) is 0 Å². The molecule has 2 rings (SSSR count). The van der Waals surface area contributed by atoms with Crippen molar-refractivity contribution in [1.29, 1.82) is 0 Å². The van der Waals surface area contributed by atoms with Crippen LogP contribution in [0.4, 0.5) is 11.4 Å². The number of fused-ring (bicyclic) bond motifs is 1. The van der Waals surface area contributed by atoms with Crippen LogP contribution in [0, 0.1) is 5.41 Å². The van der Waals surface area contributed by atoms with Crippen LogP contribution in [0.15, 0.2) is 18.2 Å². The molecule has 1 amide bonds. The fourth-order valence-electron chi connectivity index (χ4n) is 2.05. The highest BCUT2D eigenvalue weighted by Gasteiger charge is 2.30. The van der Waals surface area contributed by atoms with Crippen LogP contribution in [0.1, 0.15) is 37.6 Å². The van der Waals surface area contributed by atoms with Gasteiger partial charge in [-0.1, -0.05) is 20.8 Å². The van der Waals surface area contributed by atoms with Gasteiger partial charge in [0, 0.05) is 12.5 Å². The molecular weight excluding hydrogens is 244 g/mol. The summed E-state index contributed by atoms with van der Waals surface area (Å²) in [6.45, 7) is 6.14. The topological polar surface area (TPSA) is 78.4 Å². The SMILES string of the molecule is CC(C)(C)C1CC(=O)Nc2ccc(C(=O)O)cc2N1. The molecule has 3 N–H and O–H groups in total. The van der Waals surface area contributed by atoms with Gasteiger partial charge in [0.25, 0.3) is 0 Å². The van der Waals surface area contributed by atoms with Crippen LogP contribution >= 0.6 is 0 Å². The summed E-state index contributed by atoms with van der Waals surface area (Å²) in [6.07, 6.45) is 0.362. The van der Waals surface area contributed by atoms with Crippen molar-refractivity contribution < 1.29 is 14.7 Å². The quantitative estimate of drug-likeness (QED) is 0.726. The van der Waals surface area contributed by atoms with Gasteiger partial charge < -0.3 is 15.7 Å². The first kappa shape index (κ1) is 13.4. The van der Waals surface area contributed by atoms with Crippen molar-refractivity contribution in [3.05, 3.63) is 23.8 Å². The maximum Gasteiger partial charge on any atom is 0.335 e. The second-order valence-electron chi connectivity index (χ2n) is 5.88. The molecule has 0 saturated heterocycles. The minimum Gasteiger partial charge on any atom is -0.478 e. The first-order valence-electron chi connectivity index (χ1n) is 6.21. The van der Waals surface area contributed by atoms with E-state index in [1.165, 1.54) is 6.07 Å². The third-order valence-electron chi connectivity index (χ3n) is 3.31. The molecule has 1 aliphatic rings. The molecule has 1 atom stereocenters. The van der Waals surface area contributed by atoms with Crippen molar-refractivity contribution in [2.75, 3.05) is 10.6 Å². The summed E-state index contributed by atoms with van der Waals surface area (Å²) in [5.74, 6) is -1.04. The van der Waals surface area contributed by atoms with Crippen LogP contribution in [0.3, 0.4) is 0 Å². The lowest BCUT2D eigenvalue weighted by molar-refractivity contribution is -0.116. The van der Waals surface area contributed by atoms with E-state index in [0.29, 0.717) is 17.8 Å². The smallest absolute Gasteiger partial charge is 0.335 e. The second kappa shape index (κ2) is 4.57. The molecule has 1 unspecified atom stereocenters. The van der Waals surface area contributed by atoms with E-state index in [0.717, 1.165) is 0 Å². The Bertz CT molecular complexity index is 532. The molecule has 19 heavy (non-hydrogen) atoms. The highest BCUT2D eigenvalue weighted by atomic mass is 16.4. The van der Waals surface area contributed by atoms with Crippen molar-refractivity contribution in [3.8, 4) is 0 Å². The zero-order chi connectivity index (χ0) is 14.2. The summed E-state index contributed by atoms with van der Waals surface area (Å²) in [6, 6.07) is 4.62. The van der Waals surface area contributed by atoms with E-state index >= 15 is 0 Å². The predicted molar refractivity (Wildman–Crippen MR) is 73.5 cm³/mol. The zero-order valence-electron chi connectivity index (χ0n) is 11.3. The molecule has 1 heterocycles. The Hall–Kier alpha value is -2.04. The fraction of sp³-hybridized carbons (Fsp3) is 0.429. The molecule has 5 heteroatoms. The summed E-state index contributed by atoms with van der Waals surface area (Å²) in [5, 5.41) is 15.1. The monoisotopic (exact) mass is 262 g/mol. The molecule has 0 bridgehead atoms. The van der Waals surface area contributed by atoms with E-state index in [4.69, 9.17) is 5.11 Å². The Labute approximate surface area is 112 Å². The van der Waals surface area contributed by atoms with Gasteiger partial charge in [-0.05, 0) is 23.6 Å². The number of benzene rings is 1. The number of aromatic carboxylic acids is 1. The number of carboxylic acid groups (broad SMARTS) is 1. The van der Waals surface area contributed by atoms with Gasteiger partial charge in [0.05, 0.1) is 16.9 Å². The summed E-state index contributed by atoms with van der Waals surface area (Å²) in [5.41, 5.74) is 1.39. The Balaban J connectivity index is 2.42. The van der Waals surface area contributed by atoms with Crippen LogP contribution in [0.5, 0.6) is 0 Å². The fourth-order valence-corrected chi connectivity index (χ4v) is 2.05. The maximum atomic E-state index is 11.9. The van der Waals surface area contributed by atoms with Crippen LogP contribution < -0.4 is 10.6 Å². The molecule has 1 aromatic carbocycles. The van der Waals surface area contributed by atoms with Gasteiger partial charge in [-0.3, -0.25) is 4.79 Å². The Kier molecular flexibility index (Phi) is 3.22. The zero-order valence-corrected chi connectivity index (χ0v) is 11.3. The molecule has 1 aliphatic heterocycles. The summed E-state index contributed by atoms with van der Waals surface area (Å²) in [4.78, 5) is 22.9. The average molecular weight is 262 g/mol. The molecule has 0 saturated carbocycles. The van der Waals surface area contributed by atoms with E-state index in [-0.39, 0.29) is 22.9 Å². The van der Waals surface area contributed by atoms with Gasteiger partial charge in [-0.2, -0.15) is 0 Å². The first-order chi connectivity index (χ1) is 8.77. The summed E-state index contributed by atoms with van der Waals surface area (Å²) < 4.78 is 0. The molecule has 0 spiro atoms. The second-order valence-corrected chi connectivity index (χ2v) is 5.88. The van der Waals surface area contributed by atoms with E-state index < -0.39 is 5.97 Å². The largest absolute Gasteiger partial charge is 0.478 e. The van der Waals surface area contributed by atoms with Crippen molar-refractivity contribution in [2.45, 2.75) is 33.2 Å². The average Bonchev–Trinajstić information content (AvgIpc) is 2.45. The number of carbonyl (C=O) groups is 2. The van der Waals surface area contributed by atoms with Gasteiger partial charge >= 0.3 is 5.97 Å². The van der Waals surface area contributed by atoms with Gasteiger partial charge in [-0.25, -0.2) is 4.79 Å². The molecule has 0 aromatic heterocycles. The normalized spacial score (nSPS) is 18.9. The summed E-state index contributed by atoms with van der Waals surface area (Å²) >= 11 is 0. The van der Waals surface area contributed by atoms with Crippen molar-refractivity contribution in [3.63, 3.8) is 0 Å². The Morgan fingerprint density at radius 3 is 2.58 bits per heavy atom. The van der Waals surface area contributed by atoms with Crippen LogP contribution in [0.25, 0.3) is 0 Å². The lowest BCUT2D eigenvalue weighted by atomic mass is 9.84. The highest BCUT2D eigenvalue weighted by molar-refractivity contribution is 5.98. The third-order valence-corrected chi connectivity index (χ3v) is 3.31. The van der Waals surface area contributed by atoms with Crippen LogP contribution in [0.2, 0.25) is 0 Å². The minimum atomic E-state index is -0.979. The van der Waals surface area contributed by atoms with Gasteiger partial charge in [0.2, 0.25) is 5.91 Å². The van der Waals surface area contributed by atoms with Gasteiger partial charge in [0.1, 0.15) is 0 Å². The molecule has 1 aromatic rings. The van der Waals surface area contributed by atoms with Gasteiger partial charge in [0.15, 0.2) is 0 Å². The van der Waals surface area contributed by atoms with E-state index in [1.807, 2.05) is 20.8 Å². The van der Waals surface area contributed by atoms with E-state index in [2.05, 4.69) is 10.6 Å². The molecule has 0 fully saturated rings. The number of carbonyl (C=O) groups excluding carboxylic acids is 1. The molecular formula is C14H18N2O3. The summed E-state index contributed by atoms with van der Waals surface area (Å²) in [7, 11) is 0. The molecule has 102 valence electrons. The predicted octanol–water partition coefficient (Wildman–Crippen LogP) is 2.55. The number of anilines is 2. The maximum absolute atomic E-state index is 11.9. The number of hydrogen-bond donors (Lipinski definition) is 3. The number of hydrogen-bond acceptors (Lipinski definition) is 3. The Morgan fingerprint density at radius 2 is 2.00 bits per heavy atom.